The lowest BCUT2D eigenvalue weighted by Gasteiger charge is -2.21. The van der Waals surface area contributed by atoms with Crippen LogP contribution in [0.4, 0.5) is 0 Å². The normalized spacial score (nSPS) is 37.5. The van der Waals surface area contributed by atoms with Crippen LogP contribution in [0.2, 0.25) is 0 Å². The van der Waals surface area contributed by atoms with Crippen LogP contribution in [0.15, 0.2) is 0 Å². The largest absolute Gasteiger partial charge is 0.480 e. The highest BCUT2D eigenvalue weighted by molar-refractivity contribution is 8.00. The molecule has 1 saturated heterocycles. The summed E-state index contributed by atoms with van der Waals surface area (Å²) in [4.78, 5) is 10.8. The van der Waals surface area contributed by atoms with E-state index in [4.69, 9.17) is 5.11 Å². The zero-order valence-corrected chi connectivity index (χ0v) is 7.57. The highest BCUT2D eigenvalue weighted by Crippen LogP contribution is 2.34. The van der Waals surface area contributed by atoms with Crippen LogP contribution in [-0.4, -0.2) is 34.7 Å². The number of carboxylic acid groups (broad SMARTS) is 1. The van der Waals surface area contributed by atoms with Gasteiger partial charge in [-0.3, -0.25) is 4.79 Å². The molecule has 2 unspecified atom stereocenters. The SMILES string of the molecule is CNC1(C(=O)O)CSC(C)C1. The summed E-state index contributed by atoms with van der Waals surface area (Å²) >= 11 is 1.71. The summed E-state index contributed by atoms with van der Waals surface area (Å²) in [6.07, 6.45) is 0.726. The number of hydrogen-bond donors (Lipinski definition) is 2. The third-order valence-corrected chi connectivity index (χ3v) is 3.53. The van der Waals surface area contributed by atoms with Crippen LogP contribution in [0.3, 0.4) is 0 Å². The Hall–Kier alpha value is -0.220. The van der Waals surface area contributed by atoms with Gasteiger partial charge in [-0.05, 0) is 13.5 Å². The summed E-state index contributed by atoms with van der Waals surface area (Å²) in [5, 5.41) is 12.2. The van der Waals surface area contributed by atoms with Crippen LogP contribution < -0.4 is 5.32 Å². The van der Waals surface area contributed by atoms with Crippen molar-refractivity contribution in [2.45, 2.75) is 24.1 Å². The number of carbonyl (C=O) groups is 1. The van der Waals surface area contributed by atoms with E-state index in [9.17, 15) is 4.79 Å². The van der Waals surface area contributed by atoms with E-state index in [1.165, 1.54) is 0 Å². The van der Waals surface area contributed by atoms with E-state index in [-0.39, 0.29) is 0 Å². The number of nitrogens with one attached hydrogen (secondary N) is 1. The molecule has 0 aliphatic carbocycles. The smallest absolute Gasteiger partial charge is 0.324 e. The molecule has 0 aromatic rings. The fraction of sp³-hybridized carbons (Fsp3) is 0.857. The van der Waals surface area contributed by atoms with Crippen molar-refractivity contribution in [1.29, 1.82) is 0 Å². The molecule has 3 nitrogen and oxygen atoms in total. The van der Waals surface area contributed by atoms with Crippen LogP contribution in [0.5, 0.6) is 0 Å². The van der Waals surface area contributed by atoms with Crippen molar-refractivity contribution in [3.05, 3.63) is 0 Å². The Bertz CT molecular complexity index is 174. The Morgan fingerprint density at radius 1 is 1.82 bits per heavy atom. The lowest BCUT2D eigenvalue weighted by molar-refractivity contribution is -0.143. The zero-order valence-electron chi connectivity index (χ0n) is 6.76. The highest BCUT2D eigenvalue weighted by Gasteiger charge is 2.43. The lowest BCUT2D eigenvalue weighted by Crippen LogP contribution is -2.50. The van der Waals surface area contributed by atoms with Crippen molar-refractivity contribution in [2.24, 2.45) is 0 Å². The van der Waals surface area contributed by atoms with Crippen LogP contribution in [0.1, 0.15) is 13.3 Å². The fourth-order valence-electron chi connectivity index (χ4n) is 1.32. The topological polar surface area (TPSA) is 49.3 Å². The van der Waals surface area contributed by atoms with Crippen molar-refractivity contribution in [1.82, 2.24) is 5.32 Å². The van der Waals surface area contributed by atoms with Gasteiger partial charge in [0, 0.05) is 11.0 Å². The number of thioether (sulfide) groups is 1. The van der Waals surface area contributed by atoms with Crippen LogP contribution in [0, 0.1) is 0 Å². The van der Waals surface area contributed by atoms with Gasteiger partial charge in [0.25, 0.3) is 0 Å². The van der Waals surface area contributed by atoms with Gasteiger partial charge in [-0.2, -0.15) is 11.8 Å². The maximum atomic E-state index is 10.8. The Morgan fingerprint density at radius 3 is 2.64 bits per heavy atom. The van der Waals surface area contributed by atoms with E-state index in [1.807, 2.05) is 0 Å². The Balaban J connectivity index is 2.70. The summed E-state index contributed by atoms with van der Waals surface area (Å²) in [5.41, 5.74) is -0.663. The van der Waals surface area contributed by atoms with E-state index < -0.39 is 11.5 Å². The summed E-state index contributed by atoms with van der Waals surface area (Å²) in [6, 6.07) is 0. The highest BCUT2D eigenvalue weighted by atomic mass is 32.2. The molecule has 0 aromatic heterocycles. The van der Waals surface area contributed by atoms with Gasteiger partial charge in [0.1, 0.15) is 5.54 Å². The number of aliphatic carboxylic acids is 1. The molecule has 0 spiro atoms. The molecule has 0 aromatic carbocycles. The number of rotatable bonds is 2. The molecule has 1 rings (SSSR count). The van der Waals surface area contributed by atoms with E-state index in [1.54, 1.807) is 18.8 Å². The molecule has 2 N–H and O–H groups in total. The molecular formula is C7H13NO2S. The third-order valence-electron chi connectivity index (χ3n) is 2.14. The average molecular weight is 175 g/mol. The summed E-state index contributed by atoms with van der Waals surface area (Å²) in [5.74, 6) is -0.0446. The first-order valence-corrected chi connectivity index (χ1v) is 4.69. The molecule has 4 heteroatoms. The lowest BCUT2D eigenvalue weighted by atomic mass is 9.97. The molecule has 1 aliphatic rings. The molecule has 1 aliphatic heterocycles. The number of carboxylic acids is 1. The average Bonchev–Trinajstić information content (AvgIpc) is 2.33. The number of hydrogen-bond acceptors (Lipinski definition) is 3. The minimum atomic E-state index is -0.725. The number of likely N-dealkylation sites (N-methyl/N-ethyl adjacent to an activating group) is 1. The second kappa shape index (κ2) is 3.03. The predicted octanol–water partition coefficient (Wildman–Crippen LogP) is 0.555. The molecule has 0 amide bonds. The van der Waals surface area contributed by atoms with Crippen molar-refractivity contribution in [3.63, 3.8) is 0 Å². The predicted molar refractivity (Wildman–Crippen MR) is 46.0 cm³/mol. The van der Waals surface area contributed by atoms with Crippen molar-refractivity contribution in [2.75, 3.05) is 12.8 Å². The molecule has 64 valence electrons. The second-order valence-corrected chi connectivity index (χ2v) is 4.39. The summed E-state index contributed by atoms with van der Waals surface area (Å²) in [6.45, 7) is 2.06. The molecule has 0 radical (unpaired) electrons. The van der Waals surface area contributed by atoms with Gasteiger partial charge < -0.3 is 10.4 Å². The van der Waals surface area contributed by atoms with Crippen molar-refractivity contribution < 1.29 is 9.90 Å². The van der Waals surface area contributed by atoms with E-state index in [0.29, 0.717) is 11.0 Å². The Labute approximate surface area is 70.6 Å². The maximum absolute atomic E-state index is 10.8. The van der Waals surface area contributed by atoms with Gasteiger partial charge >= 0.3 is 5.97 Å². The molecule has 2 atom stereocenters. The van der Waals surface area contributed by atoms with E-state index in [0.717, 1.165) is 6.42 Å². The summed E-state index contributed by atoms with van der Waals surface area (Å²) < 4.78 is 0. The monoisotopic (exact) mass is 175 g/mol. The standard InChI is InChI=1S/C7H13NO2S/c1-5-3-7(8-2,4-11-5)6(9)10/h5,8H,3-4H2,1-2H3,(H,9,10). The minimum absolute atomic E-state index is 0.457. The van der Waals surface area contributed by atoms with Gasteiger partial charge in [0.15, 0.2) is 0 Å². The maximum Gasteiger partial charge on any atom is 0.324 e. The molecule has 0 bridgehead atoms. The fourth-order valence-corrected chi connectivity index (χ4v) is 2.68. The summed E-state index contributed by atoms with van der Waals surface area (Å²) in [7, 11) is 1.72. The van der Waals surface area contributed by atoms with Gasteiger partial charge in [-0.1, -0.05) is 6.92 Å². The second-order valence-electron chi connectivity index (χ2n) is 2.96. The molecular weight excluding hydrogens is 162 g/mol. The van der Waals surface area contributed by atoms with Gasteiger partial charge in [-0.25, -0.2) is 0 Å². The van der Waals surface area contributed by atoms with Crippen molar-refractivity contribution >= 4 is 17.7 Å². The van der Waals surface area contributed by atoms with Crippen molar-refractivity contribution in [3.8, 4) is 0 Å². The van der Waals surface area contributed by atoms with Gasteiger partial charge in [0.05, 0.1) is 0 Å². The molecule has 1 heterocycles. The van der Waals surface area contributed by atoms with E-state index >= 15 is 0 Å². The molecule has 0 saturated carbocycles. The van der Waals surface area contributed by atoms with Crippen LogP contribution >= 0.6 is 11.8 Å². The van der Waals surface area contributed by atoms with E-state index in [2.05, 4.69) is 12.2 Å². The Kier molecular flexibility index (Phi) is 2.44. The molecule has 1 fully saturated rings. The van der Waals surface area contributed by atoms with Crippen LogP contribution in [-0.2, 0) is 4.79 Å². The first kappa shape index (κ1) is 8.87. The zero-order chi connectivity index (χ0) is 8.48. The first-order valence-electron chi connectivity index (χ1n) is 3.64. The van der Waals surface area contributed by atoms with Gasteiger partial charge in [-0.15, -0.1) is 0 Å². The quantitative estimate of drug-likeness (QED) is 0.643. The van der Waals surface area contributed by atoms with Gasteiger partial charge in [0.2, 0.25) is 0 Å². The minimum Gasteiger partial charge on any atom is -0.480 e. The first-order chi connectivity index (χ1) is 5.10. The Morgan fingerprint density at radius 2 is 2.45 bits per heavy atom. The third kappa shape index (κ3) is 1.51. The molecule has 11 heavy (non-hydrogen) atoms. The van der Waals surface area contributed by atoms with Crippen LogP contribution in [0.25, 0.3) is 0 Å².